The Bertz CT molecular complexity index is 170. The van der Waals surface area contributed by atoms with Crippen LogP contribution in [0, 0.1) is 0 Å². The third-order valence-electron chi connectivity index (χ3n) is 2.59. The number of allylic oxidation sites excluding steroid dienone is 1. The van der Waals surface area contributed by atoms with Gasteiger partial charge in [-0.25, -0.2) is 0 Å². The van der Waals surface area contributed by atoms with Crippen LogP contribution < -0.4 is 0 Å². The lowest BCUT2D eigenvalue weighted by Gasteiger charge is -2.36. The first-order chi connectivity index (χ1) is 4.46. The first kappa shape index (κ1) is 7.45. The molecule has 0 radical (unpaired) electrons. The van der Waals surface area contributed by atoms with Crippen molar-refractivity contribution in [3.63, 3.8) is 0 Å². The molecule has 1 aliphatic heterocycles. The minimum atomic E-state index is 0.157. The normalized spacial score (nSPS) is 23.5. The minimum absolute atomic E-state index is 0.157. The standard InChI is InChI=1S/C8H16N2/c1-7-6-9(4)8(2,3)10(7)5/h6H,1-5H3. The maximum absolute atomic E-state index is 2.27. The molecule has 0 unspecified atom stereocenters. The molecule has 0 N–H and O–H groups in total. The first-order valence-corrected chi connectivity index (χ1v) is 3.61. The quantitative estimate of drug-likeness (QED) is 0.502. The van der Waals surface area contributed by atoms with E-state index < -0.39 is 0 Å². The van der Waals surface area contributed by atoms with Crippen LogP contribution in [0.25, 0.3) is 0 Å². The van der Waals surface area contributed by atoms with Gasteiger partial charge in [-0.05, 0) is 20.8 Å². The van der Waals surface area contributed by atoms with Crippen molar-refractivity contribution in [2.24, 2.45) is 0 Å². The van der Waals surface area contributed by atoms with E-state index in [-0.39, 0.29) is 5.66 Å². The van der Waals surface area contributed by atoms with Crippen molar-refractivity contribution in [2.75, 3.05) is 14.1 Å². The van der Waals surface area contributed by atoms with Gasteiger partial charge in [0.25, 0.3) is 0 Å². The lowest BCUT2D eigenvalue weighted by molar-refractivity contribution is 0.0978. The molecule has 0 atom stereocenters. The number of hydrogen-bond acceptors (Lipinski definition) is 2. The summed E-state index contributed by atoms with van der Waals surface area (Å²) in [5, 5.41) is 0. The molecule has 58 valence electrons. The maximum atomic E-state index is 2.27. The second kappa shape index (κ2) is 1.91. The highest BCUT2D eigenvalue weighted by molar-refractivity contribution is 5.09. The van der Waals surface area contributed by atoms with Crippen LogP contribution in [0.1, 0.15) is 20.8 Å². The fourth-order valence-electron chi connectivity index (χ4n) is 1.19. The van der Waals surface area contributed by atoms with Crippen molar-refractivity contribution in [3.05, 3.63) is 11.9 Å². The summed E-state index contributed by atoms with van der Waals surface area (Å²) in [7, 11) is 4.22. The second-order valence-corrected chi connectivity index (χ2v) is 3.43. The van der Waals surface area contributed by atoms with E-state index in [0.717, 1.165) is 0 Å². The van der Waals surface area contributed by atoms with E-state index in [9.17, 15) is 0 Å². The Morgan fingerprint density at radius 3 is 1.90 bits per heavy atom. The van der Waals surface area contributed by atoms with Gasteiger partial charge in [0.15, 0.2) is 0 Å². The summed E-state index contributed by atoms with van der Waals surface area (Å²) in [6.07, 6.45) is 2.17. The second-order valence-electron chi connectivity index (χ2n) is 3.43. The number of rotatable bonds is 0. The molecule has 0 fully saturated rings. The molecule has 0 aromatic carbocycles. The highest BCUT2D eigenvalue weighted by atomic mass is 15.4. The molecule has 1 aliphatic rings. The van der Waals surface area contributed by atoms with Gasteiger partial charge in [-0.1, -0.05) is 0 Å². The van der Waals surface area contributed by atoms with Crippen molar-refractivity contribution < 1.29 is 0 Å². The SMILES string of the molecule is CC1=CN(C)C(C)(C)N1C. The lowest BCUT2D eigenvalue weighted by atomic mass is 10.2. The molecule has 0 aromatic rings. The lowest BCUT2D eigenvalue weighted by Crippen LogP contribution is -2.45. The van der Waals surface area contributed by atoms with Crippen molar-refractivity contribution in [1.82, 2.24) is 9.80 Å². The van der Waals surface area contributed by atoms with Gasteiger partial charge in [0.05, 0.1) is 0 Å². The summed E-state index contributed by atoms with van der Waals surface area (Å²) >= 11 is 0. The summed E-state index contributed by atoms with van der Waals surface area (Å²) in [6, 6.07) is 0. The van der Waals surface area contributed by atoms with Crippen molar-refractivity contribution in [1.29, 1.82) is 0 Å². The van der Waals surface area contributed by atoms with Crippen molar-refractivity contribution in [2.45, 2.75) is 26.4 Å². The van der Waals surface area contributed by atoms with Gasteiger partial charge in [0.1, 0.15) is 5.66 Å². The highest BCUT2D eigenvalue weighted by Crippen LogP contribution is 2.27. The van der Waals surface area contributed by atoms with Gasteiger partial charge in [0, 0.05) is 26.0 Å². The molecular weight excluding hydrogens is 124 g/mol. The Kier molecular flexibility index (Phi) is 1.42. The van der Waals surface area contributed by atoms with E-state index in [0.29, 0.717) is 0 Å². The third-order valence-corrected chi connectivity index (χ3v) is 2.59. The van der Waals surface area contributed by atoms with Gasteiger partial charge >= 0.3 is 0 Å². The zero-order valence-electron chi connectivity index (χ0n) is 7.47. The smallest absolute Gasteiger partial charge is 0.106 e. The van der Waals surface area contributed by atoms with Crippen LogP contribution in [0.4, 0.5) is 0 Å². The Hall–Kier alpha value is -0.660. The molecule has 0 saturated heterocycles. The van der Waals surface area contributed by atoms with Gasteiger partial charge in [-0.2, -0.15) is 0 Å². The van der Waals surface area contributed by atoms with Crippen LogP contribution in [0.3, 0.4) is 0 Å². The van der Waals surface area contributed by atoms with E-state index in [1.54, 1.807) is 0 Å². The van der Waals surface area contributed by atoms with Crippen LogP contribution in [0.2, 0.25) is 0 Å². The van der Waals surface area contributed by atoms with Crippen LogP contribution >= 0.6 is 0 Å². The molecule has 1 heterocycles. The van der Waals surface area contributed by atoms with E-state index >= 15 is 0 Å². The third kappa shape index (κ3) is 0.789. The summed E-state index contributed by atoms with van der Waals surface area (Å²) < 4.78 is 0. The summed E-state index contributed by atoms with van der Waals surface area (Å²) in [5.41, 5.74) is 1.48. The summed E-state index contributed by atoms with van der Waals surface area (Å²) in [5.74, 6) is 0. The largest absolute Gasteiger partial charge is 0.357 e. The monoisotopic (exact) mass is 140 g/mol. The predicted octanol–water partition coefficient (Wildman–Crippen LogP) is 1.46. The molecule has 2 nitrogen and oxygen atoms in total. The zero-order chi connectivity index (χ0) is 7.94. The zero-order valence-corrected chi connectivity index (χ0v) is 7.47. The van der Waals surface area contributed by atoms with Crippen molar-refractivity contribution in [3.8, 4) is 0 Å². The molecule has 0 saturated carbocycles. The predicted molar refractivity (Wildman–Crippen MR) is 43.4 cm³/mol. The Morgan fingerprint density at radius 1 is 1.30 bits per heavy atom. The molecule has 0 amide bonds. The molecule has 10 heavy (non-hydrogen) atoms. The average molecular weight is 140 g/mol. The van der Waals surface area contributed by atoms with Crippen LogP contribution in [-0.4, -0.2) is 29.6 Å². The fourth-order valence-corrected chi connectivity index (χ4v) is 1.19. The van der Waals surface area contributed by atoms with Gasteiger partial charge < -0.3 is 9.80 Å². The van der Waals surface area contributed by atoms with E-state index in [1.807, 2.05) is 0 Å². The van der Waals surface area contributed by atoms with Crippen LogP contribution in [0.15, 0.2) is 11.9 Å². The number of hydrogen-bond donors (Lipinski definition) is 0. The highest BCUT2D eigenvalue weighted by Gasteiger charge is 2.31. The van der Waals surface area contributed by atoms with Gasteiger partial charge in [-0.15, -0.1) is 0 Å². The molecule has 0 bridgehead atoms. The first-order valence-electron chi connectivity index (χ1n) is 3.61. The Labute approximate surface area is 63.1 Å². The van der Waals surface area contributed by atoms with E-state index in [2.05, 4.69) is 50.9 Å². The summed E-state index contributed by atoms with van der Waals surface area (Å²) in [4.78, 5) is 4.50. The fraction of sp³-hybridized carbons (Fsp3) is 0.750. The topological polar surface area (TPSA) is 6.48 Å². The van der Waals surface area contributed by atoms with Gasteiger partial charge in [-0.3, -0.25) is 0 Å². The van der Waals surface area contributed by atoms with Crippen molar-refractivity contribution >= 4 is 0 Å². The Balaban J connectivity index is 2.87. The number of nitrogens with zero attached hydrogens (tertiary/aromatic N) is 2. The molecule has 0 aliphatic carbocycles. The molecule has 0 spiro atoms. The molecule has 1 rings (SSSR count). The Morgan fingerprint density at radius 2 is 1.80 bits per heavy atom. The average Bonchev–Trinajstić information content (AvgIpc) is 1.97. The van der Waals surface area contributed by atoms with Gasteiger partial charge in [0.2, 0.25) is 0 Å². The minimum Gasteiger partial charge on any atom is -0.357 e. The van der Waals surface area contributed by atoms with Crippen LogP contribution in [-0.2, 0) is 0 Å². The summed E-state index contributed by atoms with van der Waals surface area (Å²) in [6.45, 7) is 6.55. The molecule has 2 heteroatoms. The van der Waals surface area contributed by atoms with E-state index in [1.165, 1.54) is 5.70 Å². The maximum Gasteiger partial charge on any atom is 0.106 e. The van der Waals surface area contributed by atoms with Crippen LogP contribution in [0.5, 0.6) is 0 Å². The molecular formula is C8H16N2. The van der Waals surface area contributed by atoms with E-state index in [4.69, 9.17) is 0 Å². The molecule has 0 aromatic heterocycles.